The van der Waals surface area contributed by atoms with Gasteiger partial charge < -0.3 is 4.74 Å². The third-order valence-electron chi connectivity index (χ3n) is 2.78. The van der Waals surface area contributed by atoms with Crippen LogP contribution >= 0.6 is 15.9 Å². The predicted octanol–water partition coefficient (Wildman–Crippen LogP) is 5.17. The molecule has 1 amide bonds. The van der Waals surface area contributed by atoms with Crippen LogP contribution in [0.15, 0.2) is 41.1 Å². The lowest BCUT2D eigenvalue weighted by Crippen LogP contribution is -2.27. The van der Waals surface area contributed by atoms with Crippen LogP contribution in [0.25, 0.3) is 11.1 Å². The van der Waals surface area contributed by atoms with Gasteiger partial charge in [-0.3, -0.25) is 5.32 Å². The van der Waals surface area contributed by atoms with Crippen LogP contribution in [0.3, 0.4) is 0 Å². The van der Waals surface area contributed by atoms with E-state index in [1.54, 1.807) is 6.20 Å². The summed E-state index contributed by atoms with van der Waals surface area (Å²) in [6.45, 7) is 7.49. The van der Waals surface area contributed by atoms with E-state index in [0.29, 0.717) is 5.69 Å². The van der Waals surface area contributed by atoms with Gasteiger partial charge in [-0.2, -0.15) is 0 Å². The molecule has 0 radical (unpaired) electrons. The Morgan fingerprint density at radius 1 is 1.18 bits per heavy atom. The molecule has 0 atom stereocenters. The number of aromatic nitrogens is 1. The Bertz CT molecular complexity index is 693. The lowest BCUT2D eigenvalue weighted by molar-refractivity contribution is 0.0636. The number of nitrogens with zero attached hydrogens (tertiary/aromatic N) is 1. The van der Waals surface area contributed by atoms with Crippen LogP contribution in [0, 0.1) is 6.92 Å². The van der Waals surface area contributed by atoms with Crippen molar-refractivity contribution >= 4 is 27.7 Å². The molecule has 2 rings (SSSR count). The van der Waals surface area contributed by atoms with Crippen molar-refractivity contribution < 1.29 is 9.53 Å². The third-order valence-corrected chi connectivity index (χ3v) is 3.22. The van der Waals surface area contributed by atoms with Gasteiger partial charge in [-0.25, -0.2) is 9.78 Å². The van der Waals surface area contributed by atoms with Gasteiger partial charge in [0.25, 0.3) is 0 Å². The molecular weight excluding hydrogens is 344 g/mol. The Morgan fingerprint density at radius 3 is 2.55 bits per heavy atom. The Labute approximate surface area is 139 Å². The normalized spacial score (nSPS) is 11.1. The molecule has 2 aromatic rings. The molecule has 1 aromatic heterocycles. The van der Waals surface area contributed by atoms with E-state index in [0.717, 1.165) is 21.3 Å². The average Bonchev–Trinajstić information content (AvgIpc) is 2.35. The van der Waals surface area contributed by atoms with Crippen LogP contribution in [0.2, 0.25) is 0 Å². The van der Waals surface area contributed by atoms with E-state index in [-0.39, 0.29) is 0 Å². The third kappa shape index (κ3) is 4.84. The number of pyridine rings is 1. The Morgan fingerprint density at radius 2 is 1.91 bits per heavy atom. The molecule has 0 saturated carbocycles. The number of rotatable bonds is 2. The highest BCUT2D eigenvalue weighted by Gasteiger charge is 2.16. The largest absolute Gasteiger partial charge is 0.444 e. The van der Waals surface area contributed by atoms with Crippen LogP contribution < -0.4 is 5.32 Å². The molecule has 1 heterocycles. The van der Waals surface area contributed by atoms with Gasteiger partial charge in [0, 0.05) is 11.9 Å². The van der Waals surface area contributed by atoms with Gasteiger partial charge in [-0.1, -0.05) is 6.07 Å². The van der Waals surface area contributed by atoms with E-state index in [4.69, 9.17) is 4.74 Å². The van der Waals surface area contributed by atoms with Crippen LogP contribution in [0.4, 0.5) is 10.5 Å². The number of nitrogens with one attached hydrogen (secondary N) is 1. The number of carbonyl (C=O) groups excluding carboxylic acids is 1. The lowest BCUT2D eigenvalue weighted by Gasteiger charge is -2.20. The number of ether oxygens (including phenoxy) is 1. The summed E-state index contributed by atoms with van der Waals surface area (Å²) in [5.41, 5.74) is 3.27. The fourth-order valence-corrected chi connectivity index (χ4v) is 2.39. The van der Waals surface area contributed by atoms with Crippen molar-refractivity contribution in [3.63, 3.8) is 0 Å². The zero-order chi connectivity index (χ0) is 16.3. The highest BCUT2D eigenvalue weighted by molar-refractivity contribution is 9.10. The van der Waals surface area contributed by atoms with Crippen molar-refractivity contribution in [1.29, 1.82) is 0 Å². The summed E-state index contributed by atoms with van der Waals surface area (Å²) in [4.78, 5) is 16.0. The van der Waals surface area contributed by atoms with Crippen molar-refractivity contribution in [2.45, 2.75) is 33.3 Å². The second-order valence-electron chi connectivity index (χ2n) is 6.08. The number of benzene rings is 1. The number of carbonyl (C=O) groups is 1. The second kappa shape index (κ2) is 6.48. The maximum Gasteiger partial charge on any atom is 0.412 e. The van der Waals surface area contributed by atoms with Crippen molar-refractivity contribution in [1.82, 2.24) is 4.98 Å². The Balaban J connectivity index is 2.26. The molecule has 5 heteroatoms. The molecule has 1 aromatic carbocycles. The number of hydrogen-bond acceptors (Lipinski definition) is 3. The summed E-state index contributed by atoms with van der Waals surface area (Å²) in [6, 6.07) is 9.74. The summed E-state index contributed by atoms with van der Waals surface area (Å²) in [7, 11) is 0. The smallest absolute Gasteiger partial charge is 0.412 e. The molecule has 0 aliphatic carbocycles. The Hall–Kier alpha value is -1.88. The maximum absolute atomic E-state index is 11.9. The summed E-state index contributed by atoms with van der Waals surface area (Å²) >= 11 is 3.37. The van der Waals surface area contributed by atoms with Crippen molar-refractivity contribution in [2.75, 3.05) is 5.32 Å². The monoisotopic (exact) mass is 362 g/mol. The molecule has 0 unspecified atom stereocenters. The lowest BCUT2D eigenvalue weighted by atomic mass is 10.0. The molecule has 0 bridgehead atoms. The van der Waals surface area contributed by atoms with Crippen LogP contribution in [0.1, 0.15) is 26.3 Å². The van der Waals surface area contributed by atoms with Gasteiger partial charge >= 0.3 is 6.09 Å². The predicted molar refractivity (Wildman–Crippen MR) is 92.0 cm³/mol. The van der Waals surface area contributed by atoms with Gasteiger partial charge in [0.2, 0.25) is 0 Å². The number of anilines is 1. The summed E-state index contributed by atoms with van der Waals surface area (Å²) < 4.78 is 6.05. The van der Waals surface area contributed by atoms with E-state index < -0.39 is 11.7 Å². The Kier molecular flexibility index (Phi) is 4.86. The molecule has 0 fully saturated rings. The van der Waals surface area contributed by atoms with Gasteiger partial charge in [0.15, 0.2) is 0 Å². The van der Waals surface area contributed by atoms with Gasteiger partial charge in [0.1, 0.15) is 10.2 Å². The van der Waals surface area contributed by atoms with Crippen LogP contribution in [-0.2, 0) is 4.74 Å². The second-order valence-corrected chi connectivity index (χ2v) is 6.89. The summed E-state index contributed by atoms with van der Waals surface area (Å²) in [6.07, 6.45) is 1.28. The number of halogens is 1. The molecule has 0 saturated heterocycles. The number of amides is 1. The minimum absolute atomic E-state index is 0.458. The van der Waals surface area contributed by atoms with Gasteiger partial charge in [-0.15, -0.1) is 0 Å². The molecule has 4 nitrogen and oxygen atoms in total. The molecule has 0 aliphatic heterocycles. The van der Waals surface area contributed by atoms with Crippen molar-refractivity contribution in [3.05, 3.63) is 46.7 Å². The number of hydrogen-bond donors (Lipinski definition) is 1. The van der Waals surface area contributed by atoms with Gasteiger partial charge in [-0.05, 0) is 84.6 Å². The minimum Gasteiger partial charge on any atom is -0.444 e. The van der Waals surface area contributed by atoms with Gasteiger partial charge in [0.05, 0.1) is 0 Å². The van der Waals surface area contributed by atoms with Crippen LogP contribution in [-0.4, -0.2) is 16.7 Å². The minimum atomic E-state index is -0.521. The summed E-state index contributed by atoms with van der Waals surface area (Å²) in [5, 5.41) is 2.78. The first kappa shape index (κ1) is 16.5. The first-order chi connectivity index (χ1) is 10.2. The van der Waals surface area contributed by atoms with E-state index in [9.17, 15) is 4.79 Å². The fourth-order valence-electron chi connectivity index (χ4n) is 2.03. The zero-order valence-electron chi connectivity index (χ0n) is 13.1. The highest BCUT2D eigenvalue weighted by Crippen LogP contribution is 2.26. The van der Waals surface area contributed by atoms with E-state index in [1.165, 1.54) is 0 Å². The highest BCUT2D eigenvalue weighted by atomic mass is 79.9. The maximum atomic E-state index is 11.9. The molecule has 0 spiro atoms. The first-order valence-electron chi connectivity index (χ1n) is 6.96. The summed E-state index contributed by atoms with van der Waals surface area (Å²) in [5.74, 6) is 0. The van der Waals surface area contributed by atoms with E-state index >= 15 is 0 Å². The molecule has 116 valence electrons. The SMILES string of the molecule is Cc1cc(NC(=O)OC(C)(C)C)cc(-c2ccnc(Br)c2)c1. The molecule has 22 heavy (non-hydrogen) atoms. The molecule has 1 N–H and O–H groups in total. The molecular formula is C17H19BrN2O2. The van der Waals surface area contributed by atoms with E-state index in [1.807, 2.05) is 52.0 Å². The van der Waals surface area contributed by atoms with Crippen LogP contribution in [0.5, 0.6) is 0 Å². The topological polar surface area (TPSA) is 51.2 Å². The van der Waals surface area contributed by atoms with Crippen molar-refractivity contribution in [3.8, 4) is 11.1 Å². The fraction of sp³-hybridized carbons (Fsp3) is 0.294. The standard InChI is InChI=1S/C17H19BrN2O2/c1-11-7-13(12-5-6-19-15(18)10-12)9-14(8-11)20-16(21)22-17(2,3)4/h5-10H,1-4H3,(H,20,21). The molecule has 0 aliphatic rings. The zero-order valence-corrected chi connectivity index (χ0v) is 14.7. The quantitative estimate of drug-likeness (QED) is 0.750. The number of aryl methyl sites for hydroxylation is 1. The van der Waals surface area contributed by atoms with E-state index in [2.05, 4.69) is 32.3 Å². The average molecular weight is 363 g/mol. The van der Waals surface area contributed by atoms with Crippen molar-refractivity contribution in [2.24, 2.45) is 0 Å². The first-order valence-corrected chi connectivity index (χ1v) is 7.76.